The molecule has 3 aromatic carbocycles. The minimum atomic E-state index is -0.797. The van der Waals surface area contributed by atoms with Crippen molar-refractivity contribution in [2.45, 2.75) is 13.0 Å². The molecule has 3 rings (SSSR count). The van der Waals surface area contributed by atoms with Gasteiger partial charge in [0.05, 0.1) is 13.3 Å². The predicted octanol–water partition coefficient (Wildman–Crippen LogP) is 3.45. The van der Waals surface area contributed by atoms with Crippen LogP contribution in [0.15, 0.2) is 78.4 Å². The lowest BCUT2D eigenvalue weighted by atomic mass is 10.1. The number of benzene rings is 3. The van der Waals surface area contributed by atoms with Crippen molar-refractivity contribution in [1.82, 2.24) is 10.7 Å². The molecular formula is C26H27N3O5. The summed E-state index contributed by atoms with van der Waals surface area (Å²) in [6.45, 7) is 5.32. The average Bonchev–Trinajstić information content (AvgIpc) is 2.86. The molecule has 0 spiro atoms. The summed E-state index contributed by atoms with van der Waals surface area (Å²) in [5, 5.41) is 8.63. The Labute approximate surface area is 198 Å². The molecule has 0 aliphatic rings. The number of hydrogen-bond donors (Lipinski definition) is 2. The van der Waals surface area contributed by atoms with Gasteiger partial charge in [0, 0.05) is 0 Å². The van der Waals surface area contributed by atoms with E-state index in [1.54, 1.807) is 37.3 Å². The molecule has 0 radical (unpaired) electrons. The van der Waals surface area contributed by atoms with E-state index < -0.39 is 17.9 Å². The van der Waals surface area contributed by atoms with Gasteiger partial charge >= 0.3 is 0 Å². The number of fused-ring (bicyclic) bond motifs is 1. The zero-order valence-corrected chi connectivity index (χ0v) is 19.1. The molecule has 0 heterocycles. The molecule has 2 N–H and O–H groups in total. The molecular weight excluding hydrogens is 434 g/mol. The number of nitrogens with zero attached hydrogens (tertiary/aromatic N) is 1. The van der Waals surface area contributed by atoms with Gasteiger partial charge in [-0.3, -0.25) is 9.59 Å². The first-order valence-electron chi connectivity index (χ1n) is 10.7. The quantitative estimate of drug-likeness (QED) is 0.259. The fourth-order valence-electron chi connectivity index (χ4n) is 3.05. The van der Waals surface area contributed by atoms with E-state index in [0.717, 1.165) is 10.8 Å². The van der Waals surface area contributed by atoms with Crippen LogP contribution < -0.4 is 25.0 Å². The third kappa shape index (κ3) is 6.83. The highest BCUT2D eigenvalue weighted by molar-refractivity contribution is 5.89. The molecule has 0 saturated carbocycles. The van der Waals surface area contributed by atoms with Gasteiger partial charge in [-0.2, -0.15) is 5.10 Å². The number of methoxy groups -OCH3 is 1. The normalized spacial score (nSPS) is 11.6. The molecule has 8 heteroatoms. The van der Waals surface area contributed by atoms with Crippen molar-refractivity contribution in [1.29, 1.82) is 0 Å². The maximum Gasteiger partial charge on any atom is 0.262 e. The molecule has 3 aromatic rings. The van der Waals surface area contributed by atoms with Crippen molar-refractivity contribution >= 4 is 28.8 Å². The van der Waals surface area contributed by atoms with Crippen molar-refractivity contribution in [3.05, 3.63) is 78.9 Å². The minimum Gasteiger partial charge on any atom is -0.493 e. The predicted molar refractivity (Wildman–Crippen MR) is 131 cm³/mol. The van der Waals surface area contributed by atoms with Crippen molar-refractivity contribution in [3.8, 4) is 17.2 Å². The lowest BCUT2D eigenvalue weighted by molar-refractivity contribution is -0.129. The van der Waals surface area contributed by atoms with E-state index in [4.69, 9.17) is 14.2 Å². The maximum atomic E-state index is 12.3. The number of rotatable bonds is 11. The third-order valence-corrected chi connectivity index (χ3v) is 4.79. The second-order valence-electron chi connectivity index (χ2n) is 7.33. The van der Waals surface area contributed by atoms with Gasteiger partial charge in [0.1, 0.15) is 18.4 Å². The van der Waals surface area contributed by atoms with E-state index in [-0.39, 0.29) is 6.61 Å². The van der Waals surface area contributed by atoms with Crippen LogP contribution in [0.25, 0.3) is 10.8 Å². The monoisotopic (exact) mass is 461 g/mol. The van der Waals surface area contributed by atoms with Crippen molar-refractivity contribution in [2.24, 2.45) is 5.10 Å². The van der Waals surface area contributed by atoms with E-state index in [2.05, 4.69) is 22.4 Å². The first-order chi connectivity index (χ1) is 16.5. The fraction of sp³-hybridized carbons (Fsp3) is 0.192. The molecule has 176 valence electrons. The summed E-state index contributed by atoms with van der Waals surface area (Å²) >= 11 is 0. The molecule has 0 bridgehead atoms. The number of carbonyl (C=O) groups excluding carboxylic acids is 2. The van der Waals surface area contributed by atoms with Crippen LogP contribution in [0.2, 0.25) is 0 Å². The summed E-state index contributed by atoms with van der Waals surface area (Å²) in [4.78, 5) is 24.4. The van der Waals surface area contributed by atoms with Crippen molar-refractivity contribution in [2.75, 3.05) is 20.3 Å². The van der Waals surface area contributed by atoms with E-state index in [1.165, 1.54) is 13.3 Å². The van der Waals surface area contributed by atoms with Crippen LogP contribution in [0.3, 0.4) is 0 Å². The summed E-state index contributed by atoms with van der Waals surface area (Å²) in [7, 11) is 1.53. The Morgan fingerprint density at radius 1 is 1.03 bits per heavy atom. The van der Waals surface area contributed by atoms with Crippen LogP contribution in [-0.2, 0) is 9.59 Å². The zero-order valence-electron chi connectivity index (χ0n) is 19.1. The van der Waals surface area contributed by atoms with E-state index >= 15 is 0 Å². The number of carbonyl (C=O) groups is 2. The van der Waals surface area contributed by atoms with Gasteiger partial charge in [0.2, 0.25) is 0 Å². The topological polar surface area (TPSA) is 98.2 Å². The Morgan fingerprint density at radius 3 is 2.59 bits per heavy atom. The van der Waals surface area contributed by atoms with Gasteiger partial charge in [-0.15, -0.1) is 0 Å². The Morgan fingerprint density at radius 2 is 1.82 bits per heavy atom. The van der Waals surface area contributed by atoms with E-state index in [9.17, 15) is 9.59 Å². The molecule has 0 aliphatic heterocycles. The first-order valence-corrected chi connectivity index (χ1v) is 10.7. The van der Waals surface area contributed by atoms with Gasteiger partial charge in [-0.25, -0.2) is 5.43 Å². The highest BCUT2D eigenvalue weighted by atomic mass is 16.5. The minimum absolute atomic E-state index is 0.209. The summed E-state index contributed by atoms with van der Waals surface area (Å²) in [6, 6.07) is 17.9. The summed E-state index contributed by atoms with van der Waals surface area (Å²) < 4.78 is 16.4. The number of nitrogens with one attached hydrogen (secondary N) is 2. The first kappa shape index (κ1) is 24.3. The Kier molecular flexibility index (Phi) is 8.62. The second-order valence-corrected chi connectivity index (χ2v) is 7.33. The molecule has 0 aliphatic carbocycles. The molecule has 0 saturated heterocycles. The summed E-state index contributed by atoms with van der Waals surface area (Å²) in [5.41, 5.74) is 3.10. The lowest BCUT2D eigenvalue weighted by Gasteiger charge is -2.13. The molecule has 2 amide bonds. The van der Waals surface area contributed by atoms with Crippen LogP contribution in [0, 0.1) is 0 Å². The summed E-state index contributed by atoms with van der Waals surface area (Å²) in [5.74, 6) is 0.801. The van der Waals surface area contributed by atoms with E-state index in [0.29, 0.717) is 29.4 Å². The molecule has 1 unspecified atom stereocenters. The smallest absolute Gasteiger partial charge is 0.262 e. The maximum absolute atomic E-state index is 12.3. The SMILES string of the molecule is C=CCOc1ccc(/C=N/NC(=O)C(C)NC(=O)COc2ccc3ccccc3c2)cc1OC. The average molecular weight is 462 g/mol. The largest absolute Gasteiger partial charge is 0.493 e. The second kappa shape index (κ2) is 12.1. The fourth-order valence-corrected chi connectivity index (χ4v) is 3.05. The number of amides is 2. The highest BCUT2D eigenvalue weighted by Gasteiger charge is 2.15. The Bertz CT molecular complexity index is 1190. The van der Waals surface area contributed by atoms with Crippen LogP contribution in [-0.4, -0.2) is 44.4 Å². The third-order valence-electron chi connectivity index (χ3n) is 4.79. The van der Waals surface area contributed by atoms with Crippen LogP contribution in [0.5, 0.6) is 17.2 Å². The van der Waals surface area contributed by atoms with Crippen LogP contribution in [0.1, 0.15) is 12.5 Å². The number of ether oxygens (including phenoxy) is 3. The van der Waals surface area contributed by atoms with E-state index in [1.807, 2.05) is 36.4 Å². The van der Waals surface area contributed by atoms with Crippen molar-refractivity contribution in [3.63, 3.8) is 0 Å². The molecule has 0 fully saturated rings. The molecule has 0 aromatic heterocycles. The lowest BCUT2D eigenvalue weighted by Crippen LogP contribution is -2.45. The van der Waals surface area contributed by atoms with Crippen LogP contribution >= 0.6 is 0 Å². The van der Waals surface area contributed by atoms with Gasteiger partial charge in [0.25, 0.3) is 11.8 Å². The summed E-state index contributed by atoms with van der Waals surface area (Å²) in [6.07, 6.45) is 3.11. The zero-order chi connectivity index (χ0) is 24.3. The van der Waals surface area contributed by atoms with Gasteiger partial charge in [-0.05, 0) is 53.6 Å². The number of hydrazone groups is 1. The molecule has 8 nitrogen and oxygen atoms in total. The van der Waals surface area contributed by atoms with Gasteiger partial charge in [-0.1, -0.05) is 43.0 Å². The standard InChI is InChI=1S/C26H27N3O5/c1-4-13-33-23-12-9-19(14-24(23)32-3)16-27-29-26(31)18(2)28-25(30)17-34-22-11-10-20-7-5-6-8-21(20)15-22/h4-12,14-16,18H,1,13,17H2,2-3H3,(H,28,30)(H,29,31)/b27-16+. The van der Waals surface area contributed by atoms with Crippen molar-refractivity contribution < 1.29 is 23.8 Å². The van der Waals surface area contributed by atoms with Gasteiger partial charge in [0.15, 0.2) is 18.1 Å². The van der Waals surface area contributed by atoms with Gasteiger partial charge < -0.3 is 19.5 Å². The molecule has 34 heavy (non-hydrogen) atoms. The highest BCUT2D eigenvalue weighted by Crippen LogP contribution is 2.27. The number of hydrogen-bond acceptors (Lipinski definition) is 6. The Balaban J connectivity index is 1.46. The Hall–Kier alpha value is -4.33. The van der Waals surface area contributed by atoms with Crippen LogP contribution in [0.4, 0.5) is 0 Å². The molecule has 1 atom stereocenters.